The lowest BCUT2D eigenvalue weighted by atomic mass is 9.95. The summed E-state index contributed by atoms with van der Waals surface area (Å²) in [5.41, 5.74) is 3.96. The topological polar surface area (TPSA) is 61.9 Å². The molecule has 0 saturated carbocycles. The van der Waals surface area contributed by atoms with Crippen molar-refractivity contribution in [1.29, 1.82) is 0 Å². The molecule has 1 aliphatic rings. The van der Waals surface area contributed by atoms with E-state index >= 15 is 0 Å². The molecule has 3 rings (SSSR count). The van der Waals surface area contributed by atoms with E-state index in [0.717, 1.165) is 36.1 Å². The van der Waals surface area contributed by atoms with Gasteiger partial charge in [0.05, 0.1) is 6.04 Å². The Hall–Kier alpha value is -2.17. The van der Waals surface area contributed by atoms with Crippen LogP contribution in [0, 0.1) is 0 Å². The zero-order chi connectivity index (χ0) is 15.5. The smallest absolute Gasteiger partial charge is 0.275 e. The van der Waals surface area contributed by atoms with Gasteiger partial charge in [-0.05, 0) is 57.2 Å². The molecule has 22 heavy (non-hydrogen) atoms. The maximum Gasteiger partial charge on any atom is 0.275 e. The molecule has 5 heteroatoms. The number of fused-ring (bicyclic) bond motifs is 1. The molecular weight excluding hydrogens is 276 g/mol. The summed E-state index contributed by atoms with van der Waals surface area (Å²) < 4.78 is 0. The van der Waals surface area contributed by atoms with Crippen LogP contribution in [0.3, 0.4) is 0 Å². The van der Waals surface area contributed by atoms with Crippen molar-refractivity contribution >= 4 is 5.91 Å². The molecule has 0 bridgehead atoms. The summed E-state index contributed by atoms with van der Waals surface area (Å²) in [5.74, 6) is 0.0196. The van der Waals surface area contributed by atoms with Crippen molar-refractivity contribution < 1.29 is 4.79 Å². The van der Waals surface area contributed by atoms with Gasteiger partial charge >= 0.3 is 0 Å². The highest BCUT2D eigenvalue weighted by Crippen LogP contribution is 2.26. The summed E-state index contributed by atoms with van der Waals surface area (Å²) in [5, 5.41) is 7.37. The molecular formula is C17H22N4O. The number of hydrogen-bond acceptors (Lipinski definition) is 3. The lowest BCUT2D eigenvalue weighted by Crippen LogP contribution is -2.34. The molecule has 116 valence electrons. The van der Waals surface area contributed by atoms with E-state index in [1.807, 2.05) is 24.0 Å². The third-order valence-electron chi connectivity index (χ3n) is 4.52. The highest BCUT2D eigenvalue weighted by molar-refractivity contribution is 5.94. The summed E-state index contributed by atoms with van der Waals surface area (Å²) in [6.45, 7) is 4.72. The number of carbonyl (C=O) groups is 1. The molecule has 5 nitrogen and oxygen atoms in total. The highest BCUT2D eigenvalue weighted by atomic mass is 16.2. The Kier molecular flexibility index (Phi) is 4.22. The highest BCUT2D eigenvalue weighted by Gasteiger charge is 2.27. The van der Waals surface area contributed by atoms with Crippen molar-refractivity contribution in [2.24, 2.45) is 0 Å². The minimum Gasteiger partial charge on any atom is -0.331 e. The van der Waals surface area contributed by atoms with Gasteiger partial charge in [-0.2, -0.15) is 5.10 Å². The standard InChI is InChI=1S/C17H22N4O/c1-3-21(12(2)13-8-10-18-11-9-13)17(22)16-14-6-4-5-7-15(14)19-20-16/h8-12H,3-7H2,1-2H3,(H,19,20)/t12-/m1/s1. The van der Waals surface area contributed by atoms with E-state index in [2.05, 4.69) is 22.1 Å². The molecule has 1 N–H and O–H groups in total. The Morgan fingerprint density at radius 3 is 2.77 bits per heavy atom. The number of aromatic amines is 1. The van der Waals surface area contributed by atoms with Crippen LogP contribution >= 0.6 is 0 Å². The lowest BCUT2D eigenvalue weighted by molar-refractivity contribution is 0.0695. The average Bonchev–Trinajstić information content (AvgIpc) is 3.00. The number of amides is 1. The zero-order valence-electron chi connectivity index (χ0n) is 13.2. The number of nitrogens with one attached hydrogen (secondary N) is 1. The number of carbonyl (C=O) groups excluding carboxylic acids is 1. The van der Waals surface area contributed by atoms with E-state index in [1.54, 1.807) is 12.4 Å². The van der Waals surface area contributed by atoms with E-state index in [1.165, 1.54) is 6.42 Å². The zero-order valence-corrected chi connectivity index (χ0v) is 13.2. The molecule has 0 aliphatic heterocycles. The number of rotatable bonds is 4. The van der Waals surface area contributed by atoms with Gasteiger partial charge in [-0.15, -0.1) is 0 Å². The first-order valence-electron chi connectivity index (χ1n) is 7.99. The van der Waals surface area contributed by atoms with Crippen LogP contribution in [0.25, 0.3) is 0 Å². The first kappa shape index (κ1) is 14.8. The molecule has 0 aromatic carbocycles. The first-order valence-corrected chi connectivity index (χ1v) is 7.99. The van der Waals surface area contributed by atoms with Crippen LogP contribution in [0.1, 0.15) is 60.0 Å². The van der Waals surface area contributed by atoms with Gasteiger partial charge in [0.15, 0.2) is 5.69 Å². The number of aromatic nitrogens is 3. The molecule has 0 saturated heterocycles. The van der Waals surface area contributed by atoms with Gasteiger partial charge in [-0.1, -0.05) is 0 Å². The number of hydrogen-bond donors (Lipinski definition) is 1. The van der Waals surface area contributed by atoms with Crippen LogP contribution < -0.4 is 0 Å². The number of aryl methyl sites for hydroxylation is 1. The molecule has 2 heterocycles. The van der Waals surface area contributed by atoms with Gasteiger partial charge in [0, 0.05) is 30.2 Å². The number of nitrogens with zero attached hydrogens (tertiary/aromatic N) is 3. The molecule has 1 amide bonds. The SMILES string of the molecule is CCN(C(=O)c1n[nH]c2c1CCCC2)[C@H](C)c1ccncc1. The summed E-state index contributed by atoms with van der Waals surface area (Å²) in [4.78, 5) is 18.9. The Morgan fingerprint density at radius 2 is 2.05 bits per heavy atom. The minimum absolute atomic E-state index is 0.0106. The molecule has 0 unspecified atom stereocenters. The van der Waals surface area contributed by atoms with Gasteiger partial charge < -0.3 is 4.90 Å². The predicted octanol–water partition coefficient (Wildman–Crippen LogP) is 2.91. The summed E-state index contributed by atoms with van der Waals surface area (Å²) in [6, 6.07) is 3.93. The van der Waals surface area contributed by atoms with Crippen LogP contribution in [-0.2, 0) is 12.8 Å². The van der Waals surface area contributed by atoms with E-state index in [0.29, 0.717) is 12.2 Å². The molecule has 0 radical (unpaired) electrons. The van der Waals surface area contributed by atoms with Gasteiger partial charge in [-0.25, -0.2) is 0 Å². The fraction of sp³-hybridized carbons (Fsp3) is 0.471. The van der Waals surface area contributed by atoms with Crippen LogP contribution in [0.2, 0.25) is 0 Å². The van der Waals surface area contributed by atoms with Gasteiger partial charge in [0.25, 0.3) is 5.91 Å². The first-order chi connectivity index (χ1) is 10.7. The summed E-state index contributed by atoms with van der Waals surface area (Å²) in [7, 11) is 0. The summed E-state index contributed by atoms with van der Waals surface area (Å²) >= 11 is 0. The quantitative estimate of drug-likeness (QED) is 0.944. The van der Waals surface area contributed by atoms with Crippen molar-refractivity contribution in [1.82, 2.24) is 20.1 Å². The molecule has 0 spiro atoms. The molecule has 2 aromatic rings. The Labute approximate surface area is 130 Å². The fourth-order valence-corrected chi connectivity index (χ4v) is 3.21. The van der Waals surface area contributed by atoms with Crippen LogP contribution in [-0.4, -0.2) is 32.5 Å². The minimum atomic E-state index is 0.0106. The second kappa shape index (κ2) is 6.30. The summed E-state index contributed by atoms with van der Waals surface area (Å²) in [6.07, 6.45) is 7.80. The average molecular weight is 298 g/mol. The van der Waals surface area contributed by atoms with Crippen molar-refractivity contribution in [3.63, 3.8) is 0 Å². The maximum atomic E-state index is 13.0. The van der Waals surface area contributed by atoms with Crippen LogP contribution in [0.4, 0.5) is 0 Å². The Morgan fingerprint density at radius 1 is 1.32 bits per heavy atom. The van der Waals surface area contributed by atoms with Gasteiger partial charge in [0.1, 0.15) is 0 Å². The lowest BCUT2D eigenvalue weighted by Gasteiger charge is -2.28. The number of H-pyrrole nitrogens is 1. The molecule has 0 fully saturated rings. The fourth-order valence-electron chi connectivity index (χ4n) is 3.21. The monoisotopic (exact) mass is 298 g/mol. The largest absolute Gasteiger partial charge is 0.331 e. The second-order valence-electron chi connectivity index (χ2n) is 5.78. The second-order valence-corrected chi connectivity index (χ2v) is 5.78. The Bertz CT molecular complexity index is 650. The van der Waals surface area contributed by atoms with Crippen LogP contribution in [0.5, 0.6) is 0 Å². The van der Waals surface area contributed by atoms with Crippen molar-refractivity contribution in [2.75, 3.05) is 6.54 Å². The van der Waals surface area contributed by atoms with E-state index in [9.17, 15) is 4.79 Å². The van der Waals surface area contributed by atoms with Crippen molar-refractivity contribution in [3.8, 4) is 0 Å². The Balaban J connectivity index is 1.87. The number of pyridine rings is 1. The molecule has 1 aliphatic carbocycles. The van der Waals surface area contributed by atoms with Crippen molar-refractivity contribution in [3.05, 3.63) is 47.0 Å². The van der Waals surface area contributed by atoms with Gasteiger partial charge in [-0.3, -0.25) is 14.9 Å². The van der Waals surface area contributed by atoms with Gasteiger partial charge in [0.2, 0.25) is 0 Å². The van der Waals surface area contributed by atoms with Crippen LogP contribution in [0.15, 0.2) is 24.5 Å². The third kappa shape index (κ3) is 2.63. The predicted molar refractivity (Wildman–Crippen MR) is 84.6 cm³/mol. The maximum absolute atomic E-state index is 13.0. The molecule has 2 aromatic heterocycles. The van der Waals surface area contributed by atoms with E-state index in [4.69, 9.17) is 0 Å². The van der Waals surface area contributed by atoms with E-state index < -0.39 is 0 Å². The normalized spacial score (nSPS) is 15.2. The molecule has 1 atom stereocenters. The third-order valence-corrected chi connectivity index (χ3v) is 4.52. The van der Waals surface area contributed by atoms with Crippen molar-refractivity contribution in [2.45, 2.75) is 45.6 Å². The van der Waals surface area contributed by atoms with E-state index in [-0.39, 0.29) is 11.9 Å².